The second-order valence-electron chi connectivity index (χ2n) is 16.4. The van der Waals surface area contributed by atoms with Crippen LogP contribution in [0.3, 0.4) is 0 Å². The number of hydrogen-bond acceptors (Lipinski definition) is 8. The summed E-state index contributed by atoms with van der Waals surface area (Å²) in [5.74, 6) is -4.57. The van der Waals surface area contributed by atoms with Crippen LogP contribution >= 0.6 is 0 Å². The number of nitrogens with zero attached hydrogens (tertiary/aromatic N) is 5. The molecule has 51 heavy (non-hydrogen) atoms. The molecule has 1 atom stereocenters. The summed E-state index contributed by atoms with van der Waals surface area (Å²) in [6, 6.07) is 4.08. The molecule has 2 aromatic heterocycles. The third-order valence-corrected chi connectivity index (χ3v) is 14.3. The van der Waals surface area contributed by atoms with E-state index in [4.69, 9.17) is 9.16 Å². The van der Waals surface area contributed by atoms with Gasteiger partial charge in [-0.1, -0.05) is 32.9 Å². The van der Waals surface area contributed by atoms with Crippen molar-refractivity contribution in [3.8, 4) is 0 Å². The number of rotatable bonds is 8. The Kier molecular flexibility index (Phi) is 9.66. The lowest BCUT2D eigenvalue weighted by molar-refractivity contribution is -0.140. The van der Waals surface area contributed by atoms with E-state index in [1.807, 2.05) is 33.9 Å². The number of ether oxygens (including phenoxy) is 1. The Morgan fingerprint density at radius 1 is 1.00 bits per heavy atom. The van der Waals surface area contributed by atoms with E-state index in [0.717, 1.165) is 6.07 Å². The lowest BCUT2D eigenvalue weighted by Crippen LogP contribution is -2.73. The van der Waals surface area contributed by atoms with Crippen LogP contribution in [0, 0.1) is 18.2 Å². The van der Waals surface area contributed by atoms with Gasteiger partial charge >= 0.3 is 12.3 Å². The quantitative estimate of drug-likeness (QED) is 0.181. The Hall–Kier alpha value is -3.66. The molecule has 4 heterocycles. The summed E-state index contributed by atoms with van der Waals surface area (Å²) in [4.78, 5) is 28.0. The molecule has 9 nitrogen and oxygen atoms in total. The second-order valence-corrected chi connectivity index (χ2v) is 21.2. The number of carbonyl (C=O) groups is 1. The molecule has 0 aliphatic carbocycles. The van der Waals surface area contributed by atoms with Crippen LogP contribution in [0.15, 0.2) is 24.3 Å². The van der Waals surface area contributed by atoms with Crippen molar-refractivity contribution >= 4 is 36.9 Å². The minimum Gasteiger partial charge on any atom is -0.444 e. The molecule has 3 aromatic rings. The smallest absolute Gasteiger partial charge is 0.435 e. The Labute approximate surface area is 295 Å². The van der Waals surface area contributed by atoms with E-state index in [2.05, 4.69) is 20.3 Å². The Balaban J connectivity index is 1.41. The average Bonchev–Trinajstić information content (AvgIpc) is 2.92. The summed E-state index contributed by atoms with van der Waals surface area (Å²) in [7, 11) is -2.56. The summed E-state index contributed by atoms with van der Waals surface area (Å²) in [5, 5.41) is 2.83. The number of nitrogens with one attached hydrogen (secondary N) is 1. The molecule has 2 saturated heterocycles. The summed E-state index contributed by atoms with van der Waals surface area (Å²) in [6.07, 6.45) is -5.28. The molecule has 1 unspecified atom stereocenters. The predicted molar refractivity (Wildman–Crippen MR) is 185 cm³/mol. The first-order chi connectivity index (χ1) is 23.2. The second kappa shape index (κ2) is 12.8. The maximum Gasteiger partial charge on any atom is 0.435 e. The summed E-state index contributed by atoms with van der Waals surface area (Å²) >= 11 is 0. The van der Waals surface area contributed by atoms with Crippen LogP contribution in [0.4, 0.5) is 42.6 Å². The summed E-state index contributed by atoms with van der Waals surface area (Å²) in [6.45, 7) is 17.9. The number of alkyl halides is 5. The van der Waals surface area contributed by atoms with Crippen LogP contribution in [0.2, 0.25) is 18.1 Å². The minimum absolute atomic E-state index is 0.0697. The first kappa shape index (κ1) is 38.6. The Morgan fingerprint density at radius 3 is 2.20 bits per heavy atom. The van der Waals surface area contributed by atoms with Gasteiger partial charge in [0.05, 0.1) is 22.7 Å². The number of aryl methyl sites for hydroxylation is 1. The monoisotopic (exact) mass is 740 g/mol. The third-order valence-electron chi connectivity index (χ3n) is 9.81. The van der Waals surface area contributed by atoms with Gasteiger partial charge in [-0.05, 0) is 64.9 Å². The van der Waals surface area contributed by atoms with E-state index < -0.39 is 61.8 Å². The van der Waals surface area contributed by atoms with E-state index in [0.29, 0.717) is 13.1 Å². The highest BCUT2D eigenvalue weighted by Gasteiger charge is 2.55. The fourth-order valence-electron chi connectivity index (χ4n) is 6.08. The zero-order chi connectivity index (χ0) is 38.1. The van der Waals surface area contributed by atoms with Crippen molar-refractivity contribution in [2.24, 2.45) is 5.41 Å². The normalized spacial score (nSPS) is 17.3. The van der Waals surface area contributed by atoms with E-state index in [1.54, 1.807) is 32.6 Å². The summed E-state index contributed by atoms with van der Waals surface area (Å²) in [5.41, 5.74) is -3.50. The van der Waals surface area contributed by atoms with Crippen molar-refractivity contribution in [2.45, 2.75) is 97.3 Å². The SMILES string of the molecule is Cc1nc(NC(C)c2cccc(C(F)(F)CO[Si](C)(C)C(C)(C)C)c2F)c2cc(N3CC4(CN(C(=O)OC(C)(C)C)C4)C3)c(C(F)(F)F)nc2n1. The first-order valence-electron chi connectivity index (χ1n) is 16.8. The van der Waals surface area contributed by atoms with Gasteiger partial charge in [0.25, 0.3) is 5.92 Å². The maximum atomic E-state index is 15.9. The van der Waals surface area contributed by atoms with Crippen LogP contribution in [0.1, 0.15) is 77.2 Å². The molecule has 1 N–H and O–H groups in total. The molecule has 1 amide bonds. The van der Waals surface area contributed by atoms with Crippen LogP contribution in [0.5, 0.6) is 0 Å². The van der Waals surface area contributed by atoms with Gasteiger partial charge < -0.3 is 24.3 Å². The molecule has 2 fully saturated rings. The molecular weight excluding hydrogens is 694 g/mol. The maximum absolute atomic E-state index is 15.9. The van der Waals surface area contributed by atoms with E-state index in [9.17, 15) is 18.0 Å². The van der Waals surface area contributed by atoms with Gasteiger partial charge in [-0.15, -0.1) is 0 Å². The molecule has 1 aromatic carbocycles. The number of benzene rings is 1. The number of fused-ring (bicyclic) bond motifs is 1. The van der Waals surface area contributed by atoms with Crippen molar-refractivity contribution in [3.05, 3.63) is 52.7 Å². The van der Waals surface area contributed by atoms with E-state index >= 15 is 13.2 Å². The van der Waals surface area contributed by atoms with Crippen LogP contribution in [-0.2, 0) is 21.3 Å². The molecule has 280 valence electrons. The predicted octanol–water partition coefficient (Wildman–Crippen LogP) is 8.83. The molecule has 0 radical (unpaired) electrons. The Bertz CT molecular complexity index is 1810. The van der Waals surface area contributed by atoms with Gasteiger partial charge in [0.2, 0.25) is 0 Å². The topological polar surface area (TPSA) is 92.7 Å². The van der Waals surface area contributed by atoms with Gasteiger partial charge in [-0.25, -0.2) is 24.1 Å². The zero-order valence-electron chi connectivity index (χ0n) is 30.7. The fourth-order valence-corrected chi connectivity index (χ4v) is 7.06. The first-order valence-corrected chi connectivity index (χ1v) is 19.7. The molecule has 5 rings (SSSR count). The van der Waals surface area contributed by atoms with Crippen molar-refractivity contribution in [2.75, 3.05) is 43.0 Å². The standard InChI is InChI=1S/C35H46F6N6O3Si/c1-20(22-12-11-13-24(26(22)36)34(37,38)19-49-51(9,10)32(6,7)8)42-28-23-14-25(27(35(39,40)41)45-29(23)44-21(2)43-28)46-15-33(16-46)17-47(18-33)30(48)50-31(3,4)5/h11-14,20H,15-19H2,1-10H3,(H,42,43,44,45). The van der Waals surface area contributed by atoms with Gasteiger partial charge in [-0.2, -0.15) is 22.0 Å². The number of aromatic nitrogens is 3. The highest BCUT2D eigenvalue weighted by molar-refractivity contribution is 6.74. The fraction of sp³-hybridized carbons (Fsp3) is 0.600. The highest BCUT2D eigenvalue weighted by Crippen LogP contribution is 2.47. The van der Waals surface area contributed by atoms with Gasteiger partial charge in [-0.3, -0.25) is 0 Å². The third kappa shape index (κ3) is 7.91. The minimum atomic E-state index is -4.81. The molecular formula is C35H46F6N6O3Si. The number of halogens is 6. The molecule has 0 saturated carbocycles. The van der Waals surface area contributed by atoms with Crippen LogP contribution < -0.4 is 10.2 Å². The number of carbonyl (C=O) groups excluding carboxylic acids is 1. The van der Waals surface area contributed by atoms with E-state index in [-0.39, 0.29) is 57.5 Å². The molecule has 2 aliphatic heterocycles. The van der Waals surface area contributed by atoms with Crippen molar-refractivity contribution in [1.82, 2.24) is 19.9 Å². The van der Waals surface area contributed by atoms with Crippen molar-refractivity contribution in [1.29, 1.82) is 0 Å². The summed E-state index contributed by atoms with van der Waals surface area (Å²) < 4.78 is 101. The number of pyridine rings is 1. The zero-order valence-corrected chi connectivity index (χ0v) is 31.7. The van der Waals surface area contributed by atoms with Gasteiger partial charge in [0.1, 0.15) is 29.7 Å². The Morgan fingerprint density at radius 2 is 1.63 bits per heavy atom. The molecule has 2 aliphatic rings. The lowest BCUT2D eigenvalue weighted by atomic mass is 9.72. The van der Waals surface area contributed by atoms with Crippen LogP contribution in [0.25, 0.3) is 11.0 Å². The average molecular weight is 741 g/mol. The van der Waals surface area contributed by atoms with E-state index in [1.165, 1.54) is 30.0 Å². The number of hydrogen-bond donors (Lipinski definition) is 1. The highest BCUT2D eigenvalue weighted by atomic mass is 28.4. The van der Waals surface area contributed by atoms with Crippen molar-refractivity contribution in [3.63, 3.8) is 0 Å². The number of anilines is 2. The molecule has 1 spiro atoms. The lowest BCUT2D eigenvalue weighted by Gasteiger charge is -2.60. The largest absolute Gasteiger partial charge is 0.444 e. The number of amides is 1. The molecule has 16 heteroatoms. The van der Waals surface area contributed by atoms with Gasteiger partial charge in [0.15, 0.2) is 19.7 Å². The molecule has 0 bridgehead atoms. The van der Waals surface area contributed by atoms with Gasteiger partial charge in [0, 0.05) is 37.2 Å². The van der Waals surface area contributed by atoms with Crippen LogP contribution in [-0.4, -0.2) is 72.6 Å². The van der Waals surface area contributed by atoms with Crippen molar-refractivity contribution < 1.29 is 40.3 Å². The number of likely N-dealkylation sites (tertiary alicyclic amines) is 1.